The van der Waals surface area contributed by atoms with E-state index in [0.29, 0.717) is 0 Å². The van der Waals surface area contributed by atoms with Gasteiger partial charge in [0, 0.05) is 61.8 Å². The van der Waals surface area contributed by atoms with Crippen LogP contribution >= 0.6 is 0 Å². The molecule has 2 aliphatic heterocycles. The van der Waals surface area contributed by atoms with Gasteiger partial charge in [-0.1, -0.05) is 204 Å². The highest BCUT2D eigenvalue weighted by Crippen LogP contribution is 2.50. The maximum absolute atomic E-state index is 6.39. The number of rotatable bonds is 7. The van der Waals surface area contributed by atoms with E-state index in [9.17, 15) is 0 Å². The molecule has 2 aliphatic rings. The number of benzene rings is 10. The van der Waals surface area contributed by atoms with E-state index in [1.807, 2.05) is 6.07 Å². The summed E-state index contributed by atoms with van der Waals surface area (Å²) in [5.41, 5.74) is 25.6. The summed E-state index contributed by atoms with van der Waals surface area (Å²) >= 11 is 0. The Kier molecular flexibility index (Phi) is 12.2. The molecule has 0 fully saturated rings. The first-order chi connectivity index (χ1) is 38.7. The van der Waals surface area contributed by atoms with Gasteiger partial charge in [0.15, 0.2) is 0 Å². The maximum Gasteiger partial charge on any atom is 0.252 e. The van der Waals surface area contributed by atoms with Crippen molar-refractivity contribution in [3.8, 4) is 22.3 Å². The van der Waals surface area contributed by atoms with Crippen LogP contribution in [0.1, 0.15) is 105 Å². The van der Waals surface area contributed by atoms with Crippen LogP contribution in [0.25, 0.3) is 44.2 Å². The topological polar surface area (TPSA) is 22.9 Å². The second kappa shape index (κ2) is 19.1. The normalized spacial score (nSPS) is 13.4. The third-order valence-corrected chi connectivity index (χ3v) is 17.1. The van der Waals surface area contributed by atoms with Gasteiger partial charge in [0.2, 0.25) is 0 Å². The number of anilines is 9. The predicted molar refractivity (Wildman–Crippen MR) is 348 cm³/mol. The van der Waals surface area contributed by atoms with E-state index in [0.717, 1.165) is 61.5 Å². The number of fused-ring (bicyclic) bond motifs is 7. The van der Waals surface area contributed by atoms with Crippen LogP contribution in [-0.2, 0) is 21.7 Å². The minimum Gasteiger partial charge on any atom is -0.456 e. The van der Waals surface area contributed by atoms with Crippen molar-refractivity contribution in [1.82, 2.24) is 0 Å². The van der Waals surface area contributed by atoms with Gasteiger partial charge in [-0.05, 0) is 174 Å². The summed E-state index contributed by atoms with van der Waals surface area (Å²) in [6, 6.07) is 82.1. The molecule has 0 bridgehead atoms. The minimum absolute atomic E-state index is 0.0121. The fraction of sp³-hybridized carbons (Fsp3) is 0.211. The summed E-state index contributed by atoms with van der Waals surface area (Å²) in [6.45, 7) is 27.8. The Balaban J connectivity index is 1.06. The molecule has 400 valence electrons. The van der Waals surface area contributed by atoms with Crippen LogP contribution in [0.2, 0.25) is 0 Å². The molecule has 3 heterocycles. The molecule has 0 N–H and O–H groups in total. The Morgan fingerprint density at radius 1 is 0.346 bits per heavy atom. The molecular weight excluding hydrogens is 982 g/mol. The smallest absolute Gasteiger partial charge is 0.252 e. The Hall–Kier alpha value is -8.54. The van der Waals surface area contributed by atoms with Gasteiger partial charge in [-0.2, -0.15) is 0 Å². The molecule has 0 saturated carbocycles. The molecule has 11 aromatic rings. The minimum atomic E-state index is -0.177. The molecule has 5 heteroatoms. The van der Waals surface area contributed by atoms with E-state index in [4.69, 9.17) is 4.42 Å². The van der Waals surface area contributed by atoms with Gasteiger partial charge < -0.3 is 19.1 Å². The molecule has 0 saturated heterocycles. The van der Waals surface area contributed by atoms with Crippen molar-refractivity contribution in [3.05, 3.63) is 241 Å². The van der Waals surface area contributed by atoms with Gasteiger partial charge in [0.1, 0.15) is 11.2 Å². The van der Waals surface area contributed by atoms with Crippen molar-refractivity contribution < 1.29 is 4.42 Å². The average Bonchev–Trinajstić information content (AvgIpc) is 3.34. The first kappa shape index (κ1) is 51.9. The lowest BCUT2D eigenvalue weighted by Crippen LogP contribution is -2.61. The Labute approximate surface area is 480 Å². The Morgan fingerprint density at radius 3 is 1.54 bits per heavy atom. The monoisotopic (exact) mass is 1050 g/mol. The molecule has 0 unspecified atom stereocenters. The SMILES string of the molecule is CC(C)(C)c1ccc(N2c3cc(N(c4ccccc4)c4ccc(C(C)(C)C)cc4-c4ccccc4)ccc3B3c4cc(C(C)(C)C)ccc4N(c4ccc(-c5ccc6c(c5)oc5ccccc56)cc4)c4cc(C(C)(C)C)cc2c43)cc1. The molecule has 0 radical (unpaired) electrons. The second-order valence-electron chi connectivity index (χ2n) is 26.7. The summed E-state index contributed by atoms with van der Waals surface area (Å²) in [5.74, 6) is 0. The zero-order valence-electron chi connectivity index (χ0n) is 49.1. The summed E-state index contributed by atoms with van der Waals surface area (Å²) in [5, 5.41) is 2.28. The van der Waals surface area contributed by atoms with Crippen LogP contribution < -0.4 is 31.1 Å². The van der Waals surface area contributed by atoms with E-state index in [1.165, 1.54) is 72.5 Å². The van der Waals surface area contributed by atoms with Crippen LogP contribution in [-0.4, -0.2) is 6.71 Å². The standard InChI is InChI=1S/C76H72BN3O/c1-73(2,3)52-30-36-58(37-31-52)80-67-48-59(78(56-23-17-14-18-24-56)65-41-32-53(74(4,5)6)44-62(65)50-21-15-13-16-22-50)38-40-63(67)77-64-45-54(75(7,8)9)33-42-66(64)79(68-46-55(76(10,11)12)47-69(80)72(68)77)57-34-27-49(28-35-57)51-29-39-61-60-25-19-20-26-70(60)81-71(61)43-51/h13-48H,1-12H3. The highest BCUT2D eigenvalue weighted by Gasteiger charge is 2.45. The van der Waals surface area contributed by atoms with E-state index in [-0.39, 0.29) is 28.4 Å². The number of para-hydroxylation sites is 2. The van der Waals surface area contributed by atoms with Crippen molar-refractivity contribution in [1.29, 1.82) is 0 Å². The van der Waals surface area contributed by atoms with Crippen molar-refractivity contribution in [2.45, 2.75) is 105 Å². The highest BCUT2D eigenvalue weighted by molar-refractivity contribution is 7.00. The van der Waals surface area contributed by atoms with Crippen molar-refractivity contribution in [2.24, 2.45) is 0 Å². The molecule has 0 aliphatic carbocycles. The van der Waals surface area contributed by atoms with Crippen molar-refractivity contribution >= 4 is 96.2 Å². The van der Waals surface area contributed by atoms with E-state index in [1.54, 1.807) is 0 Å². The number of nitrogens with zero attached hydrogens (tertiary/aromatic N) is 3. The molecule has 0 spiro atoms. The molecule has 81 heavy (non-hydrogen) atoms. The van der Waals surface area contributed by atoms with Crippen LogP contribution in [0.4, 0.5) is 51.2 Å². The van der Waals surface area contributed by atoms with Gasteiger partial charge in [0.05, 0.1) is 5.69 Å². The second-order valence-corrected chi connectivity index (χ2v) is 26.7. The van der Waals surface area contributed by atoms with E-state index < -0.39 is 0 Å². The molecule has 4 nitrogen and oxygen atoms in total. The summed E-state index contributed by atoms with van der Waals surface area (Å²) < 4.78 is 6.39. The van der Waals surface area contributed by atoms with Crippen LogP contribution in [0.3, 0.4) is 0 Å². The van der Waals surface area contributed by atoms with E-state index in [2.05, 4.69) is 310 Å². The van der Waals surface area contributed by atoms with Gasteiger partial charge in [0.25, 0.3) is 6.71 Å². The Morgan fingerprint density at radius 2 is 0.889 bits per heavy atom. The quantitative estimate of drug-likeness (QED) is 0.148. The molecule has 0 amide bonds. The first-order valence-electron chi connectivity index (χ1n) is 28.9. The summed E-state index contributed by atoms with van der Waals surface area (Å²) in [7, 11) is 0. The summed E-state index contributed by atoms with van der Waals surface area (Å²) in [4.78, 5) is 7.63. The molecule has 0 atom stereocenters. The Bertz CT molecular complexity index is 4200. The van der Waals surface area contributed by atoms with Crippen molar-refractivity contribution in [3.63, 3.8) is 0 Å². The zero-order chi connectivity index (χ0) is 56.3. The molecule has 10 aromatic carbocycles. The van der Waals surface area contributed by atoms with E-state index >= 15 is 0 Å². The lowest BCUT2D eigenvalue weighted by atomic mass is 9.33. The van der Waals surface area contributed by atoms with Gasteiger partial charge in [-0.3, -0.25) is 0 Å². The van der Waals surface area contributed by atoms with Gasteiger partial charge in [-0.15, -0.1) is 0 Å². The highest BCUT2D eigenvalue weighted by atomic mass is 16.3. The lowest BCUT2D eigenvalue weighted by Gasteiger charge is -2.45. The number of furan rings is 1. The average molecular weight is 1050 g/mol. The number of hydrogen-bond acceptors (Lipinski definition) is 4. The van der Waals surface area contributed by atoms with Crippen molar-refractivity contribution in [2.75, 3.05) is 14.7 Å². The maximum atomic E-state index is 6.39. The van der Waals surface area contributed by atoms with Gasteiger partial charge in [-0.25, -0.2) is 0 Å². The molecule has 13 rings (SSSR count). The van der Waals surface area contributed by atoms with Crippen LogP contribution in [0.15, 0.2) is 223 Å². The molecule has 1 aromatic heterocycles. The zero-order valence-corrected chi connectivity index (χ0v) is 49.1. The fourth-order valence-electron chi connectivity index (χ4n) is 12.5. The number of hydrogen-bond donors (Lipinski definition) is 0. The predicted octanol–water partition coefficient (Wildman–Crippen LogP) is 19.7. The molecular formula is C76H72BN3O. The first-order valence-corrected chi connectivity index (χ1v) is 28.9. The third-order valence-electron chi connectivity index (χ3n) is 17.1. The largest absolute Gasteiger partial charge is 0.456 e. The lowest BCUT2D eigenvalue weighted by molar-refractivity contribution is 0.590. The van der Waals surface area contributed by atoms with Crippen LogP contribution in [0.5, 0.6) is 0 Å². The summed E-state index contributed by atoms with van der Waals surface area (Å²) in [6.07, 6.45) is 0. The van der Waals surface area contributed by atoms with Gasteiger partial charge >= 0.3 is 0 Å². The third kappa shape index (κ3) is 9.12. The van der Waals surface area contributed by atoms with Crippen LogP contribution in [0, 0.1) is 0 Å². The fourth-order valence-corrected chi connectivity index (χ4v) is 12.5.